The molecule has 0 fully saturated rings. The minimum absolute atomic E-state index is 0.803. The molecule has 0 aromatic heterocycles. The highest BCUT2D eigenvalue weighted by molar-refractivity contribution is 5.61. The standard InChI is InChI=1S/C6H3N3/c1-2-4-6-5(3-1)7-9-8-6/h1,3-4H. The maximum Gasteiger partial charge on any atom is 0.116 e. The SMILES string of the molecule is [c]1ccc2c(c1)[N]N=N2. The van der Waals surface area contributed by atoms with Crippen molar-refractivity contribution in [3.05, 3.63) is 24.3 Å². The second kappa shape index (κ2) is 1.55. The van der Waals surface area contributed by atoms with E-state index in [1.54, 1.807) is 12.1 Å². The lowest BCUT2D eigenvalue weighted by Gasteiger charge is -1.86. The lowest BCUT2D eigenvalue weighted by molar-refractivity contribution is 0.923. The summed E-state index contributed by atoms with van der Waals surface area (Å²) in [4.78, 5) is 0. The third-order valence-electron chi connectivity index (χ3n) is 1.12. The third-order valence-corrected chi connectivity index (χ3v) is 1.12. The van der Waals surface area contributed by atoms with Crippen LogP contribution < -0.4 is 5.43 Å². The van der Waals surface area contributed by atoms with E-state index in [1.807, 2.05) is 6.07 Å². The molecular formula is C6H3N3. The zero-order chi connectivity index (χ0) is 6.10. The second-order valence-electron chi connectivity index (χ2n) is 1.70. The van der Waals surface area contributed by atoms with Crippen molar-refractivity contribution in [2.75, 3.05) is 0 Å². The van der Waals surface area contributed by atoms with Gasteiger partial charge in [-0.1, -0.05) is 6.07 Å². The van der Waals surface area contributed by atoms with Crippen molar-refractivity contribution in [3.63, 3.8) is 0 Å². The molecule has 1 heterocycles. The van der Waals surface area contributed by atoms with Crippen LogP contribution in [-0.4, -0.2) is 0 Å². The van der Waals surface area contributed by atoms with Gasteiger partial charge in [0.2, 0.25) is 0 Å². The molecule has 1 aliphatic rings. The van der Waals surface area contributed by atoms with Gasteiger partial charge in [0.1, 0.15) is 11.4 Å². The highest BCUT2D eigenvalue weighted by Gasteiger charge is 2.05. The number of hydrogen-bond donors (Lipinski definition) is 0. The molecule has 0 aliphatic carbocycles. The van der Waals surface area contributed by atoms with Crippen LogP contribution in [0, 0.1) is 6.07 Å². The smallest absolute Gasteiger partial charge is 0.116 e. The molecule has 0 amide bonds. The number of benzene rings is 1. The van der Waals surface area contributed by atoms with Gasteiger partial charge in [0.15, 0.2) is 0 Å². The maximum atomic E-state index is 3.74. The summed E-state index contributed by atoms with van der Waals surface area (Å²) in [7, 11) is 0. The minimum Gasteiger partial charge on any atom is -0.128 e. The van der Waals surface area contributed by atoms with Crippen molar-refractivity contribution in [3.8, 4) is 0 Å². The molecule has 0 saturated carbocycles. The number of hydrogen-bond acceptors (Lipinski definition) is 2. The molecule has 0 bridgehead atoms. The molecule has 42 valence electrons. The molecule has 3 nitrogen and oxygen atoms in total. The van der Waals surface area contributed by atoms with E-state index in [0.29, 0.717) is 0 Å². The fraction of sp³-hybridized carbons (Fsp3) is 0. The van der Waals surface area contributed by atoms with E-state index in [2.05, 4.69) is 21.8 Å². The maximum absolute atomic E-state index is 3.74. The predicted octanol–water partition coefficient (Wildman–Crippen LogP) is 1.73. The fourth-order valence-corrected chi connectivity index (χ4v) is 0.697. The number of fused-ring (bicyclic) bond motifs is 1. The van der Waals surface area contributed by atoms with Gasteiger partial charge in [-0.15, -0.1) is 10.5 Å². The van der Waals surface area contributed by atoms with E-state index in [4.69, 9.17) is 0 Å². The monoisotopic (exact) mass is 117 g/mol. The van der Waals surface area contributed by atoms with Crippen LogP contribution in [-0.2, 0) is 0 Å². The molecule has 1 aliphatic heterocycles. The molecular weight excluding hydrogens is 114 g/mol. The molecule has 0 N–H and O–H groups in total. The van der Waals surface area contributed by atoms with Crippen LogP contribution in [0.5, 0.6) is 0 Å². The van der Waals surface area contributed by atoms with E-state index in [0.717, 1.165) is 11.4 Å². The minimum atomic E-state index is 0.803. The molecule has 3 heteroatoms. The first kappa shape index (κ1) is 4.49. The second-order valence-corrected chi connectivity index (χ2v) is 1.70. The highest BCUT2D eigenvalue weighted by atomic mass is 15.5. The average molecular weight is 117 g/mol. The normalized spacial score (nSPS) is 12.9. The lowest BCUT2D eigenvalue weighted by atomic mass is 10.3. The van der Waals surface area contributed by atoms with Crippen LogP contribution >= 0.6 is 0 Å². The summed E-state index contributed by atoms with van der Waals surface area (Å²) in [5.74, 6) is 0. The van der Waals surface area contributed by atoms with Crippen LogP contribution in [0.3, 0.4) is 0 Å². The van der Waals surface area contributed by atoms with Gasteiger partial charge in [0.25, 0.3) is 0 Å². The van der Waals surface area contributed by atoms with E-state index in [-0.39, 0.29) is 0 Å². The molecule has 2 rings (SSSR count). The lowest BCUT2D eigenvalue weighted by Crippen LogP contribution is -1.75. The van der Waals surface area contributed by atoms with Crippen LogP contribution in [0.15, 0.2) is 28.5 Å². The van der Waals surface area contributed by atoms with Crippen LogP contribution in [0.1, 0.15) is 0 Å². The quantitative estimate of drug-likeness (QED) is 0.496. The third kappa shape index (κ3) is 0.579. The fourth-order valence-electron chi connectivity index (χ4n) is 0.697. The Labute approximate surface area is 52.4 Å². The zero-order valence-corrected chi connectivity index (χ0v) is 4.57. The number of nitrogens with zero attached hydrogens (tertiary/aromatic N) is 3. The Balaban J connectivity index is 2.63. The van der Waals surface area contributed by atoms with Gasteiger partial charge >= 0.3 is 0 Å². The first-order chi connectivity index (χ1) is 4.47. The molecule has 0 saturated heterocycles. The van der Waals surface area contributed by atoms with Gasteiger partial charge in [-0.05, 0) is 23.4 Å². The van der Waals surface area contributed by atoms with E-state index in [9.17, 15) is 0 Å². The van der Waals surface area contributed by atoms with Gasteiger partial charge in [-0.2, -0.15) is 0 Å². The van der Waals surface area contributed by atoms with Crippen molar-refractivity contribution in [2.24, 2.45) is 10.3 Å². The molecule has 1 aromatic carbocycles. The largest absolute Gasteiger partial charge is 0.128 e. The van der Waals surface area contributed by atoms with Gasteiger partial charge in [0, 0.05) is 0 Å². The van der Waals surface area contributed by atoms with Gasteiger partial charge in [-0.3, -0.25) is 0 Å². The first-order valence-corrected chi connectivity index (χ1v) is 2.59. The summed E-state index contributed by atoms with van der Waals surface area (Å²) in [5, 5.41) is 7.22. The predicted molar refractivity (Wildman–Crippen MR) is 31.6 cm³/mol. The number of rotatable bonds is 0. The van der Waals surface area contributed by atoms with Crippen molar-refractivity contribution in [1.29, 1.82) is 0 Å². The first-order valence-electron chi connectivity index (χ1n) is 2.59. The van der Waals surface area contributed by atoms with Crippen molar-refractivity contribution >= 4 is 11.4 Å². The van der Waals surface area contributed by atoms with Crippen molar-refractivity contribution in [2.45, 2.75) is 0 Å². The van der Waals surface area contributed by atoms with E-state index < -0.39 is 0 Å². The molecule has 0 unspecified atom stereocenters. The summed E-state index contributed by atoms with van der Waals surface area (Å²) in [6, 6.07) is 8.26. The van der Waals surface area contributed by atoms with Gasteiger partial charge in [0.05, 0.1) is 0 Å². The van der Waals surface area contributed by atoms with Gasteiger partial charge < -0.3 is 0 Å². The van der Waals surface area contributed by atoms with Crippen molar-refractivity contribution < 1.29 is 0 Å². The zero-order valence-electron chi connectivity index (χ0n) is 4.57. The van der Waals surface area contributed by atoms with Crippen molar-refractivity contribution in [1.82, 2.24) is 5.43 Å². The summed E-state index contributed by atoms with van der Waals surface area (Å²) in [6.07, 6.45) is 0. The molecule has 0 spiro atoms. The Bertz CT molecular complexity index is 254. The Morgan fingerprint density at radius 1 is 1.33 bits per heavy atom. The Morgan fingerprint density at radius 2 is 2.33 bits per heavy atom. The Morgan fingerprint density at radius 3 is 3.22 bits per heavy atom. The molecule has 0 atom stereocenters. The van der Waals surface area contributed by atoms with Gasteiger partial charge in [-0.25, -0.2) is 0 Å². The average Bonchev–Trinajstić information content (AvgIpc) is 2.33. The van der Waals surface area contributed by atoms with E-state index in [1.165, 1.54) is 0 Å². The Hall–Kier alpha value is -1.38. The molecule has 1 aromatic rings. The highest BCUT2D eigenvalue weighted by Crippen LogP contribution is 2.28. The van der Waals surface area contributed by atoms with Crippen LogP contribution in [0.25, 0.3) is 0 Å². The molecule has 9 heavy (non-hydrogen) atoms. The van der Waals surface area contributed by atoms with E-state index >= 15 is 0 Å². The summed E-state index contributed by atoms with van der Waals surface area (Å²) in [5.41, 5.74) is 5.36. The topological polar surface area (TPSA) is 38.8 Å². The Kier molecular flexibility index (Phi) is 0.773. The summed E-state index contributed by atoms with van der Waals surface area (Å²) in [6.45, 7) is 0. The molecule has 2 radical (unpaired) electrons. The summed E-state index contributed by atoms with van der Waals surface area (Å²) < 4.78 is 0. The van der Waals surface area contributed by atoms with Crippen LogP contribution in [0.4, 0.5) is 11.4 Å². The van der Waals surface area contributed by atoms with Crippen LogP contribution in [0.2, 0.25) is 0 Å². The summed E-state index contributed by atoms with van der Waals surface area (Å²) >= 11 is 0.